The number of carbonyl (C=O) groups excluding carboxylic acids is 1. The number of hydrogen-bond donors (Lipinski definition) is 0. The highest BCUT2D eigenvalue weighted by atomic mass is 16.5. The van der Waals surface area contributed by atoms with E-state index in [1.807, 2.05) is 54.6 Å². The molecule has 9 nitrogen and oxygen atoms in total. The fraction of sp³-hybridized carbons (Fsp3) is 0.160. The number of hydrogen-bond acceptors (Lipinski definition) is 6. The third-order valence-corrected chi connectivity index (χ3v) is 5.96. The number of fused-ring (bicyclic) bond motifs is 2. The zero-order valence-electron chi connectivity index (χ0n) is 18.8. The predicted octanol–water partition coefficient (Wildman–Crippen LogP) is 2.48. The molecule has 170 valence electrons. The van der Waals surface area contributed by atoms with Gasteiger partial charge in [-0.15, -0.1) is 0 Å². The maximum Gasteiger partial charge on any atom is 0.340 e. The van der Waals surface area contributed by atoms with Crippen LogP contribution in [0.4, 0.5) is 0 Å². The Morgan fingerprint density at radius 3 is 2.41 bits per heavy atom. The fourth-order valence-electron chi connectivity index (χ4n) is 4.28. The van der Waals surface area contributed by atoms with Gasteiger partial charge in [0.15, 0.2) is 11.2 Å². The number of nitrogens with zero attached hydrogens (tertiary/aromatic N) is 5. The van der Waals surface area contributed by atoms with Gasteiger partial charge in [0.05, 0.1) is 36.8 Å². The molecule has 0 N–H and O–H groups in total. The first-order valence-corrected chi connectivity index (χ1v) is 10.6. The Bertz CT molecular complexity index is 1700. The van der Waals surface area contributed by atoms with Crippen LogP contribution in [0.3, 0.4) is 0 Å². The minimum atomic E-state index is -0.531. The Morgan fingerprint density at radius 1 is 0.971 bits per heavy atom. The van der Waals surface area contributed by atoms with Crippen molar-refractivity contribution in [3.63, 3.8) is 0 Å². The lowest BCUT2D eigenvalue weighted by molar-refractivity contribution is 0.0600. The Morgan fingerprint density at radius 2 is 1.68 bits per heavy atom. The van der Waals surface area contributed by atoms with Crippen molar-refractivity contribution in [2.24, 2.45) is 14.1 Å². The van der Waals surface area contributed by atoms with E-state index in [1.165, 1.54) is 25.1 Å². The smallest absolute Gasteiger partial charge is 0.340 e. The summed E-state index contributed by atoms with van der Waals surface area (Å²) in [5, 5.41) is 0.812. The number of rotatable bonds is 4. The van der Waals surface area contributed by atoms with Crippen molar-refractivity contribution in [3.05, 3.63) is 93.0 Å². The summed E-state index contributed by atoms with van der Waals surface area (Å²) in [4.78, 5) is 47.4. The van der Waals surface area contributed by atoms with Crippen LogP contribution in [-0.2, 0) is 25.4 Å². The molecule has 0 amide bonds. The molecule has 5 rings (SSSR count). The fourth-order valence-corrected chi connectivity index (χ4v) is 4.28. The number of ether oxygens (including phenoxy) is 1. The van der Waals surface area contributed by atoms with Gasteiger partial charge < -0.3 is 9.30 Å². The lowest BCUT2D eigenvalue weighted by Gasteiger charge is -2.17. The van der Waals surface area contributed by atoms with Gasteiger partial charge in [-0.1, -0.05) is 48.5 Å². The predicted molar refractivity (Wildman–Crippen MR) is 128 cm³/mol. The number of para-hydroxylation sites is 1. The number of pyridine rings is 1. The molecular weight excluding hydrogens is 434 g/mol. The van der Waals surface area contributed by atoms with Gasteiger partial charge in [0, 0.05) is 25.0 Å². The van der Waals surface area contributed by atoms with Crippen LogP contribution in [0.15, 0.2) is 70.5 Å². The molecule has 2 aromatic carbocycles. The minimum Gasteiger partial charge on any atom is -0.465 e. The highest BCUT2D eigenvalue weighted by molar-refractivity contribution is 6.07. The summed E-state index contributed by atoms with van der Waals surface area (Å²) in [5.41, 5.74) is 2.57. The molecule has 0 aliphatic rings. The summed E-state index contributed by atoms with van der Waals surface area (Å²) < 4.78 is 9.11. The second-order valence-corrected chi connectivity index (χ2v) is 7.93. The molecule has 0 bridgehead atoms. The van der Waals surface area contributed by atoms with Gasteiger partial charge in [-0.25, -0.2) is 19.6 Å². The summed E-state index contributed by atoms with van der Waals surface area (Å²) in [6.45, 7) is 0.0824. The van der Waals surface area contributed by atoms with Crippen molar-refractivity contribution >= 4 is 28.0 Å². The molecule has 0 unspecified atom stereocenters. The standard InChI is InChI=1S/C25H21N5O4/c1-28-22-21(23(31)29(2)25(28)33)30(14-26-22)13-18-20(24(32)34-3)19(15-9-5-4-6-10-15)16-11-7-8-12-17(16)27-18/h4-12,14H,13H2,1-3H3. The molecule has 0 saturated heterocycles. The normalized spacial score (nSPS) is 11.3. The Hall–Kier alpha value is -4.53. The van der Waals surface area contributed by atoms with Crippen LogP contribution in [0.5, 0.6) is 0 Å². The van der Waals surface area contributed by atoms with Crippen molar-refractivity contribution in [3.8, 4) is 11.1 Å². The van der Waals surface area contributed by atoms with E-state index in [9.17, 15) is 14.4 Å². The van der Waals surface area contributed by atoms with Crippen molar-refractivity contribution < 1.29 is 9.53 Å². The summed E-state index contributed by atoms with van der Waals surface area (Å²) in [6.07, 6.45) is 1.48. The van der Waals surface area contributed by atoms with Crippen molar-refractivity contribution in [1.29, 1.82) is 0 Å². The van der Waals surface area contributed by atoms with Crippen LogP contribution < -0.4 is 11.2 Å². The number of carbonyl (C=O) groups is 1. The third-order valence-electron chi connectivity index (χ3n) is 5.96. The van der Waals surface area contributed by atoms with E-state index in [4.69, 9.17) is 9.72 Å². The topological polar surface area (TPSA) is 101 Å². The maximum atomic E-state index is 13.1. The molecule has 3 heterocycles. The van der Waals surface area contributed by atoms with E-state index >= 15 is 0 Å². The van der Waals surface area contributed by atoms with Gasteiger partial charge in [0.1, 0.15) is 0 Å². The molecule has 0 atom stereocenters. The van der Waals surface area contributed by atoms with Crippen molar-refractivity contribution in [2.75, 3.05) is 7.11 Å². The van der Waals surface area contributed by atoms with E-state index in [-0.39, 0.29) is 17.7 Å². The zero-order chi connectivity index (χ0) is 24.0. The first-order valence-electron chi connectivity index (χ1n) is 10.6. The molecular formula is C25H21N5O4. The van der Waals surface area contributed by atoms with Gasteiger partial charge in [-0.2, -0.15) is 0 Å². The molecule has 3 aromatic heterocycles. The van der Waals surface area contributed by atoms with E-state index in [0.717, 1.165) is 15.5 Å². The molecule has 5 aromatic rings. The first-order chi connectivity index (χ1) is 16.4. The zero-order valence-corrected chi connectivity index (χ0v) is 18.8. The van der Waals surface area contributed by atoms with Crippen molar-refractivity contribution in [2.45, 2.75) is 6.54 Å². The molecule has 0 aliphatic carbocycles. The quantitative estimate of drug-likeness (QED) is 0.386. The van der Waals surface area contributed by atoms with Gasteiger partial charge in [0.25, 0.3) is 5.56 Å². The molecule has 0 aliphatic heterocycles. The van der Waals surface area contributed by atoms with Crippen LogP contribution in [0.2, 0.25) is 0 Å². The molecule has 0 fully saturated rings. The molecule has 0 spiro atoms. The number of methoxy groups -OCH3 is 1. The van der Waals surface area contributed by atoms with E-state index in [2.05, 4.69) is 4.98 Å². The number of imidazole rings is 1. The summed E-state index contributed by atoms with van der Waals surface area (Å²) in [5.74, 6) is -0.531. The summed E-state index contributed by atoms with van der Waals surface area (Å²) >= 11 is 0. The molecule has 0 radical (unpaired) electrons. The van der Waals surface area contributed by atoms with Crippen LogP contribution in [0.25, 0.3) is 33.2 Å². The third kappa shape index (κ3) is 3.21. The lowest BCUT2D eigenvalue weighted by atomic mass is 9.94. The number of benzene rings is 2. The van der Waals surface area contributed by atoms with Gasteiger partial charge in [0.2, 0.25) is 0 Å². The maximum absolute atomic E-state index is 13.1. The number of aryl methyl sites for hydroxylation is 1. The van der Waals surface area contributed by atoms with E-state index in [1.54, 1.807) is 11.6 Å². The number of aromatic nitrogens is 5. The molecule has 0 saturated carbocycles. The monoisotopic (exact) mass is 455 g/mol. The minimum absolute atomic E-state index is 0.0824. The Kier molecular flexibility index (Phi) is 5.09. The average molecular weight is 455 g/mol. The van der Waals surface area contributed by atoms with E-state index in [0.29, 0.717) is 22.3 Å². The van der Waals surface area contributed by atoms with Crippen LogP contribution >= 0.6 is 0 Å². The van der Waals surface area contributed by atoms with Gasteiger partial charge >= 0.3 is 11.7 Å². The number of esters is 1. The highest BCUT2D eigenvalue weighted by Crippen LogP contribution is 2.34. The van der Waals surface area contributed by atoms with Gasteiger partial charge in [-0.05, 0) is 11.6 Å². The lowest BCUT2D eigenvalue weighted by Crippen LogP contribution is -2.37. The van der Waals surface area contributed by atoms with Crippen LogP contribution in [-0.4, -0.2) is 36.7 Å². The second-order valence-electron chi connectivity index (χ2n) is 7.93. The highest BCUT2D eigenvalue weighted by Gasteiger charge is 2.24. The van der Waals surface area contributed by atoms with Crippen LogP contribution in [0.1, 0.15) is 16.1 Å². The Balaban J connectivity index is 1.83. The van der Waals surface area contributed by atoms with Gasteiger partial charge in [-0.3, -0.25) is 13.9 Å². The second kappa shape index (κ2) is 8.11. The average Bonchev–Trinajstić information content (AvgIpc) is 3.29. The summed E-state index contributed by atoms with van der Waals surface area (Å²) in [6, 6.07) is 17.1. The largest absolute Gasteiger partial charge is 0.465 e. The SMILES string of the molecule is COC(=O)c1c(Cn2cnc3c2c(=O)n(C)c(=O)n3C)nc2ccccc2c1-c1ccccc1. The van der Waals surface area contributed by atoms with Crippen molar-refractivity contribution in [1.82, 2.24) is 23.7 Å². The summed E-state index contributed by atoms with van der Waals surface area (Å²) in [7, 11) is 4.31. The molecule has 9 heteroatoms. The van der Waals surface area contributed by atoms with Crippen LogP contribution in [0, 0.1) is 0 Å². The van der Waals surface area contributed by atoms with E-state index < -0.39 is 17.2 Å². The Labute approximate surface area is 193 Å². The first kappa shape index (κ1) is 21.3. The molecule has 34 heavy (non-hydrogen) atoms.